The van der Waals surface area contributed by atoms with Crippen LogP contribution in [0.4, 0.5) is 5.69 Å². The molecule has 0 bridgehead atoms. The molecule has 3 rings (SSSR count). The fourth-order valence-corrected chi connectivity index (χ4v) is 3.00. The van der Waals surface area contributed by atoms with Gasteiger partial charge in [0.25, 0.3) is 0 Å². The topological polar surface area (TPSA) is 129 Å². The fraction of sp³-hybridized carbons (Fsp3) is 0.100. The molecule has 8 heteroatoms. The molecule has 0 aliphatic carbocycles. The SMILES string of the molecule is COc1cc(/C=C(\C#N)C(=O)c2c[nH]c3cccc(C)c23)cc([N+](=O)[O-])c1O. The van der Waals surface area contributed by atoms with Crippen LogP contribution in [0.3, 0.4) is 0 Å². The number of aromatic hydroxyl groups is 1. The number of hydrogen-bond acceptors (Lipinski definition) is 6. The third kappa shape index (κ3) is 3.17. The zero-order valence-corrected chi connectivity index (χ0v) is 15.0. The number of aromatic nitrogens is 1. The van der Waals surface area contributed by atoms with Gasteiger partial charge in [-0.25, -0.2) is 0 Å². The number of phenolic OH excluding ortho intramolecular Hbond substituents is 1. The molecule has 0 saturated carbocycles. The lowest BCUT2D eigenvalue weighted by molar-refractivity contribution is -0.386. The maximum Gasteiger partial charge on any atom is 0.315 e. The number of carbonyl (C=O) groups is 1. The first-order chi connectivity index (χ1) is 13.4. The molecule has 0 atom stereocenters. The van der Waals surface area contributed by atoms with E-state index in [-0.39, 0.29) is 16.9 Å². The first-order valence-electron chi connectivity index (χ1n) is 8.16. The van der Waals surface area contributed by atoms with Gasteiger partial charge in [0.2, 0.25) is 11.5 Å². The van der Waals surface area contributed by atoms with Crippen LogP contribution in [0.2, 0.25) is 0 Å². The van der Waals surface area contributed by atoms with Gasteiger partial charge in [-0.1, -0.05) is 12.1 Å². The number of nitro groups is 1. The molecule has 0 fully saturated rings. The molecular weight excluding hydrogens is 362 g/mol. The maximum absolute atomic E-state index is 12.9. The van der Waals surface area contributed by atoms with Crippen molar-refractivity contribution in [2.24, 2.45) is 0 Å². The highest BCUT2D eigenvalue weighted by atomic mass is 16.6. The van der Waals surface area contributed by atoms with E-state index in [1.807, 2.05) is 31.2 Å². The number of nitrogens with zero attached hydrogens (tertiary/aromatic N) is 2. The summed E-state index contributed by atoms with van der Waals surface area (Å²) in [6, 6.07) is 9.77. The highest BCUT2D eigenvalue weighted by Crippen LogP contribution is 2.37. The highest BCUT2D eigenvalue weighted by molar-refractivity contribution is 6.20. The maximum atomic E-state index is 12.9. The minimum atomic E-state index is -0.772. The molecule has 140 valence electrons. The number of rotatable bonds is 5. The number of nitrogens with one attached hydrogen (secondary N) is 1. The van der Waals surface area contributed by atoms with E-state index in [1.54, 1.807) is 0 Å². The second-order valence-corrected chi connectivity index (χ2v) is 6.05. The van der Waals surface area contributed by atoms with Crippen molar-refractivity contribution < 1.29 is 19.6 Å². The Morgan fingerprint density at radius 1 is 1.39 bits per heavy atom. The van der Waals surface area contributed by atoms with Gasteiger partial charge in [0, 0.05) is 28.7 Å². The standard InChI is InChI=1S/C20H15N3O5/c1-11-4-3-5-15-18(11)14(10-22-15)19(24)13(9-21)6-12-7-16(23(26)27)20(25)17(8-12)28-2/h3-8,10,22,25H,1-2H3/b13-6+. The van der Waals surface area contributed by atoms with Gasteiger partial charge in [-0.3, -0.25) is 14.9 Å². The van der Waals surface area contributed by atoms with E-state index in [1.165, 1.54) is 25.4 Å². The molecular formula is C20H15N3O5. The molecule has 2 N–H and O–H groups in total. The third-order valence-electron chi connectivity index (χ3n) is 4.33. The number of ketones is 1. The molecule has 0 aliphatic heterocycles. The number of carbonyl (C=O) groups excluding carboxylic acids is 1. The molecule has 0 radical (unpaired) electrons. The minimum absolute atomic E-state index is 0.131. The summed E-state index contributed by atoms with van der Waals surface area (Å²) < 4.78 is 4.94. The number of nitro benzene ring substituents is 1. The number of allylic oxidation sites excluding steroid dienone is 1. The molecule has 28 heavy (non-hydrogen) atoms. The van der Waals surface area contributed by atoms with Crippen LogP contribution in [-0.4, -0.2) is 27.9 Å². The molecule has 0 unspecified atom stereocenters. The molecule has 2 aromatic carbocycles. The lowest BCUT2D eigenvalue weighted by Gasteiger charge is -2.06. The largest absolute Gasteiger partial charge is 0.500 e. The van der Waals surface area contributed by atoms with E-state index >= 15 is 0 Å². The lowest BCUT2D eigenvalue weighted by Crippen LogP contribution is -2.02. The number of benzene rings is 2. The average molecular weight is 377 g/mol. The summed E-state index contributed by atoms with van der Waals surface area (Å²) in [5, 5.41) is 31.2. The van der Waals surface area contributed by atoms with E-state index in [9.17, 15) is 25.3 Å². The van der Waals surface area contributed by atoms with Crippen LogP contribution < -0.4 is 4.74 Å². The van der Waals surface area contributed by atoms with Gasteiger partial charge in [-0.05, 0) is 36.3 Å². The first-order valence-corrected chi connectivity index (χ1v) is 8.16. The van der Waals surface area contributed by atoms with Crippen molar-refractivity contribution in [2.75, 3.05) is 7.11 Å². The summed E-state index contributed by atoms with van der Waals surface area (Å²) in [4.78, 5) is 26.3. The van der Waals surface area contributed by atoms with Crippen LogP contribution >= 0.6 is 0 Å². The molecule has 0 spiro atoms. The van der Waals surface area contributed by atoms with E-state index in [2.05, 4.69) is 4.98 Å². The normalized spacial score (nSPS) is 11.2. The van der Waals surface area contributed by atoms with Gasteiger partial charge in [-0.15, -0.1) is 0 Å². The van der Waals surface area contributed by atoms with Crippen molar-refractivity contribution in [3.8, 4) is 17.6 Å². The molecule has 0 amide bonds. The molecule has 0 saturated heterocycles. The fourth-order valence-electron chi connectivity index (χ4n) is 3.00. The Balaban J connectivity index is 2.12. The summed E-state index contributed by atoms with van der Waals surface area (Å²) in [5.41, 5.74) is 1.37. The number of hydrogen-bond donors (Lipinski definition) is 2. The van der Waals surface area contributed by atoms with E-state index in [0.29, 0.717) is 10.9 Å². The van der Waals surface area contributed by atoms with Crippen LogP contribution in [-0.2, 0) is 0 Å². The summed E-state index contributed by atoms with van der Waals surface area (Å²) >= 11 is 0. The average Bonchev–Trinajstić information content (AvgIpc) is 3.11. The zero-order chi connectivity index (χ0) is 20.4. The van der Waals surface area contributed by atoms with Crippen molar-refractivity contribution in [3.05, 3.63) is 68.9 Å². The molecule has 8 nitrogen and oxygen atoms in total. The van der Waals surface area contributed by atoms with Crippen molar-refractivity contribution in [1.82, 2.24) is 4.98 Å². The number of ether oxygens (including phenoxy) is 1. The summed E-state index contributed by atoms with van der Waals surface area (Å²) in [6.45, 7) is 1.86. The molecule has 0 aliphatic rings. The number of aryl methyl sites for hydroxylation is 1. The van der Waals surface area contributed by atoms with Gasteiger partial charge in [0.15, 0.2) is 5.75 Å². The van der Waals surface area contributed by atoms with E-state index in [0.717, 1.165) is 17.1 Å². The van der Waals surface area contributed by atoms with Crippen LogP contribution in [0, 0.1) is 28.4 Å². The second kappa shape index (κ2) is 7.25. The van der Waals surface area contributed by atoms with Crippen LogP contribution in [0.1, 0.15) is 21.5 Å². The first kappa shape index (κ1) is 18.7. The minimum Gasteiger partial charge on any atom is -0.500 e. The Hall–Kier alpha value is -4.12. The lowest BCUT2D eigenvalue weighted by atomic mass is 9.99. The summed E-state index contributed by atoms with van der Waals surface area (Å²) in [5.74, 6) is -1.27. The number of fused-ring (bicyclic) bond motifs is 1. The van der Waals surface area contributed by atoms with Crippen LogP contribution in [0.15, 0.2) is 42.1 Å². The third-order valence-corrected chi connectivity index (χ3v) is 4.33. The van der Waals surface area contributed by atoms with Gasteiger partial charge in [-0.2, -0.15) is 5.26 Å². The molecule has 1 heterocycles. The van der Waals surface area contributed by atoms with Crippen LogP contribution in [0.5, 0.6) is 11.5 Å². The van der Waals surface area contributed by atoms with Gasteiger partial charge < -0.3 is 14.8 Å². The van der Waals surface area contributed by atoms with E-state index in [4.69, 9.17) is 4.74 Å². The Morgan fingerprint density at radius 3 is 2.79 bits per heavy atom. The van der Waals surface area contributed by atoms with Gasteiger partial charge >= 0.3 is 5.69 Å². The predicted octanol–water partition coefficient (Wildman–Crippen LogP) is 3.89. The number of phenols is 1. The quantitative estimate of drug-likeness (QED) is 0.228. The van der Waals surface area contributed by atoms with Crippen molar-refractivity contribution in [3.63, 3.8) is 0 Å². The summed E-state index contributed by atoms with van der Waals surface area (Å²) in [7, 11) is 1.25. The van der Waals surface area contributed by atoms with Crippen molar-refractivity contribution in [1.29, 1.82) is 5.26 Å². The van der Waals surface area contributed by atoms with Gasteiger partial charge in [0.1, 0.15) is 11.6 Å². The molecule has 3 aromatic rings. The van der Waals surface area contributed by atoms with Gasteiger partial charge in [0.05, 0.1) is 12.0 Å². The Bertz CT molecular complexity index is 1180. The smallest absolute Gasteiger partial charge is 0.315 e. The zero-order valence-electron chi connectivity index (χ0n) is 15.0. The van der Waals surface area contributed by atoms with Crippen molar-refractivity contribution >= 4 is 28.4 Å². The second-order valence-electron chi connectivity index (χ2n) is 6.05. The Kier molecular flexibility index (Phi) is 4.83. The highest BCUT2D eigenvalue weighted by Gasteiger charge is 2.21. The summed E-state index contributed by atoms with van der Waals surface area (Å²) in [6.07, 6.45) is 2.76. The number of methoxy groups -OCH3 is 1. The Labute approximate surface area is 159 Å². The number of nitriles is 1. The Morgan fingerprint density at radius 2 is 2.14 bits per heavy atom. The van der Waals surface area contributed by atoms with Crippen LogP contribution in [0.25, 0.3) is 17.0 Å². The number of aromatic amines is 1. The number of H-pyrrole nitrogens is 1. The monoisotopic (exact) mass is 377 g/mol. The van der Waals surface area contributed by atoms with Crippen molar-refractivity contribution in [2.45, 2.75) is 6.92 Å². The molecule has 1 aromatic heterocycles. The van der Waals surface area contributed by atoms with E-state index < -0.39 is 22.1 Å². The number of Topliss-reactive ketones (excluding diaryl/α,β-unsaturated/α-hetero) is 1. The predicted molar refractivity (Wildman–Crippen MR) is 102 cm³/mol.